The summed E-state index contributed by atoms with van der Waals surface area (Å²) in [5.74, 6) is 0. The van der Waals surface area contributed by atoms with Crippen molar-refractivity contribution >= 4 is 17.3 Å². The Balaban J connectivity index is 2.12. The highest BCUT2D eigenvalue weighted by Gasteiger charge is 2.26. The average molecular weight is 296 g/mol. The van der Waals surface area contributed by atoms with Crippen molar-refractivity contribution in [3.63, 3.8) is 0 Å². The maximum absolute atomic E-state index is 6.18. The van der Waals surface area contributed by atoms with Gasteiger partial charge >= 0.3 is 0 Å². The van der Waals surface area contributed by atoms with E-state index in [1.165, 1.54) is 11.3 Å². The molecule has 0 amide bonds. The number of hydrogen-bond donors (Lipinski definition) is 1. The van der Waals surface area contributed by atoms with E-state index < -0.39 is 0 Å². The summed E-state index contributed by atoms with van der Waals surface area (Å²) < 4.78 is 0. The highest BCUT2D eigenvalue weighted by molar-refractivity contribution is 6.30. The Morgan fingerprint density at radius 3 is 2.35 bits per heavy atom. The summed E-state index contributed by atoms with van der Waals surface area (Å²) in [7, 11) is 1.98. The van der Waals surface area contributed by atoms with E-state index in [4.69, 9.17) is 11.6 Å². The number of rotatable bonds is 3. The monoisotopic (exact) mass is 295 g/mol. The zero-order valence-electron chi connectivity index (χ0n) is 13.0. The van der Waals surface area contributed by atoms with Crippen molar-refractivity contribution < 1.29 is 0 Å². The third kappa shape index (κ3) is 3.66. The van der Waals surface area contributed by atoms with E-state index in [0.29, 0.717) is 0 Å². The van der Waals surface area contributed by atoms with Gasteiger partial charge in [-0.3, -0.25) is 4.90 Å². The molecule has 1 fully saturated rings. The van der Waals surface area contributed by atoms with Gasteiger partial charge in [-0.05, 0) is 45.5 Å². The smallest absolute Gasteiger partial charge is 0.0427 e. The summed E-state index contributed by atoms with van der Waals surface area (Å²) in [5, 5.41) is 4.05. The number of nitrogens with zero attached hydrogens (tertiary/aromatic N) is 2. The largest absolute Gasteiger partial charge is 0.369 e. The topological polar surface area (TPSA) is 18.5 Å². The highest BCUT2D eigenvalue weighted by atomic mass is 35.5. The third-order valence-corrected chi connectivity index (χ3v) is 4.22. The minimum Gasteiger partial charge on any atom is -0.369 e. The fraction of sp³-hybridized carbons (Fsp3) is 0.625. The molecule has 0 aromatic heterocycles. The van der Waals surface area contributed by atoms with Gasteiger partial charge in [0.1, 0.15) is 0 Å². The van der Waals surface area contributed by atoms with Gasteiger partial charge in [0.25, 0.3) is 0 Å². The fourth-order valence-corrected chi connectivity index (χ4v) is 2.96. The van der Waals surface area contributed by atoms with Crippen LogP contribution < -0.4 is 10.2 Å². The van der Waals surface area contributed by atoms with Gasteiger partial charge in [0.2, 0.25) is 0 Å². The first-order valence-corrected chi connectivity index (χ1v) is 7.72. The Labute approximate surface area is 127 Å². The van der Waals surface area contributed by atoms with E-state index in [1.54, 1.807) is 0 Å². The van der Waals surface area contributed by atoms with E-state index in [9.17, 15) is 0 Å². The second-order valence-corrected chi connectivity index (χ2v) is 6.88. The van der Waals surface area contributed by atoms with Crippen LogP contribution in [0.15, 0.2) is 18.2 Å². The van der Waals surface area contributed by atoms with E-state index in [-0.39, 0.29) is 5.54 Å². The van der Waals surface area contributed by atoms with E-state index in [2.05, 4.69) is 48.0 Å². The van der Waals surface area contributed by atoms with Gasteiger partial charge in [-0.15, -0.1) is 0 Å². The number of piperazine rings is 1. The predicted octanol–water partition coefficient (Wildman–Crippen LogP) is 2.98. The maximum atomic E-state index is 6.18. The SMILES string of the molecule is CNCc1ccc(Cl)cc1N1CCN(C(C)(C)C)CC1. The molecule has 1 aliphatic rings. The molecule has 0 unspecified atom stereocenters. The Morgan fingerprint density at radius 1 is 1.15 bits per heavy atom. The molecule has 2 rings (SSSR count). The van der Waals surface area contributed by atoms with Crippen LogP contribution in [-0.2, 0) is 6.54 Å². The van der Waals surface area contributed by atoms with Crippen LogP contribution in [0.5, 0.6) is 0 Å². The molecule has 0 aliphatic carbocycles. The molecule has 1 saturated heterocycles. The Kier molecular flexibility index (Phi) is 4.95. The molecule has 0 spiro atoms. The van der Waals surface area contributed by atoms with Gasteiger partial charge in [-0.1, -0.05) is 17.7 Å². The summed E-state index contributed by atoms with van der Waals surface area (Å²) in [6.45, 7) is 12.1. The van der Waals surface area contributed by atoms with Gasteiger partial charge < -0.3 is 10.2 Å². The van der Waals surface area contributed by atoms with Gasteiger partial charge in [0.05, 0.1) is 0 Å². The van der Waals surface area contributed by atoms with Gasteiger partial charge in [-0.2, -0.15) is 0 Å². The quantitative estimate of drug-likeness (QED) is 0.925. The van der Waals surface area contributed by atoms with Crippen molar-refractivity contribution in [2.24, 2.45) is 0 Å². The molecule has 1 N–H and O–H groups in total. The van der Waals surface area contributed by atoms with Gasteiger partial charge in [0.15, 0.2) is 0 Å². The fourth-order valence-electron chi connectivity index (χ4n) is 2.79. The van der Waals surface area contributed by atoms with Crippen molar-refractivity contribution in [2.45, 2.75) is 32.9 Å². The Bertz CT molecular complexity index is 446. The van der Waals surface area contributed by atoms with E-state index in [1.807, 2.05) is 13.1 Å². The third-order valence-electron chi connectivity index (χ3n) is 3.98. The number of hydrogen-bond acceptors (Lipinski definition) is 3. The highest BCUT2D eigenvalue weighted by Crippen LogP contribution is 2.27. The summed E-state index contributed by atoms with van der Waals surface area (Å²) in [6.07, 6.45) is 0. The molecule has 1 aliphatic heterocycles. The minimum atomic E-state index is 0.258. The van der Waals surface area contributed by atoms with Crippen molar-refractivity contribution in [1.82, 2.24) is 10.2 Å². The van der Waals surface area contributed by atoms with E-state index >= 15 is 0 Å². The molecule has 4 heteroatoms. The lowest BCUT2D eigenvalue weighted by Gasteiger charge is -2.43. The first-order chi connectivity index (χ1) is 9.41. The van der Waals surface area contributed by atoms with Crippen molar-refractivity contribution in [3.05, 3.63) is 28.8 Å². The molecule has 20 heavy (non-hydrogen) atoms. The van der Waals surface area contributed by atoms with Crippen molar-refractivity contribution in [1.29, 1.82) is 0 Å². The molecule has 1 aromatic carbocycles. The summed E-state index contributed by atoms with van der Waals surface area (Å²) in [4.78, 5) is 5.01. The second-order valence-electron chi connectivity index (χ2n) is 6.45. The minimum absolute atomic E-state index is 0.258. The predicted molar refractivity (Wildman–Crippen MR) is 87.8 cm³/mol. The molecular weight excluding hydrogens is 270 g/mol. The van der Waals surface area contributed by atoms with Crippen LogP contribution >= 0.6 is 11.6 Å². The molecule has 0 radical (unpaired) electrons. The molecule has 0 bridgehead atoms. The molecule has 0 atom stereocenters. The molecule has 0 saturated carbocycles. The number of nitrogens with one attached hydrogen (secondary N) is 1. The maximum Gasteiger partial charge on any atom is 0.0427 e. The second kappa shape index (κ2) is 6.33. The molecule has 112 valence electrons. The van der Waals surface area contributed by atoms with Crippen LogP contribution in [0.3, 0.4) is 0 Å². The lowest BCUT2D eigenvalue weighted by molar-refractivity contribution is 0.128. The van der Waals surface area contributed by atoms with Crippen molar-refractivity contribution in [2.75, 3.05) is 38.1 Å². The Morgan fingerprint density at radius 2 is 1.80 bits per heavy atom. The van der Waals surface area contributed by atoms with Crippen LogP contribution in [0.2, 0.25) is 5.02 Å². The molecule has 1 heterocycles. The molecule has 3 nitrogen and oxygen atoms in total. The first-order valence-electron chi connectivity index (χ1n) is 7.35. The number of benzene rings is 1. The lowest BCUT2D eigenvalue weighted by atomic mass is 10.0. The number of anilines is 1. The van der Waals surface area contributed by atoms with Gasteiger partial charge in [0, 0.05) is 49.0 Å². The van der Waals surface area contributed by atoms with Crippen LogP contribution in [0.1, 0.15) is 26.3 Å². The average Bonchev–Trinajstić information content (AvgIpc) is 2.40. The van der Waals surface area contributed by atoms with Gasteiger partial charge in [-0.25, -0.2) is 0 Å². The molecular formula is C16H26ClN3. The lowest BCUT2D eigenvalue weighted by Crippen LogP contribution is -2.53. The molecule has 1 aromatic rings. The van der Waals surface area contributed by atoms with Crippen LogP contribution in [-0.4, -0.2) is 43.7 Å². The zero-order valence-corrected chi connectivity index (χ0v) is 13.8. The van der Waals surface area contributed by atoms with Crippen molar-refractivity contribution in [3.8, 4) is 0 Å². The van der Waals surface area contributed by atoms with Crippen LogP contribution in [0.25, 0.3) is 0 Å². The Hall–Kier alpha value is -0.770. The van der Waals surface area contributed by atoms with E-state index in [0.717, 1.165) is 37.7 Å². The van der Waals surface area contributed by atoms with Crippen LogP contribution in [0, 0.1) is 0 Å². The summed E-state index contributed by atoms with van der Waals surface area (Å²) in [6, 6.07) is 6.20. The standard InChI is InChI=1S/C16H26ClN3/c1-16(2,3)20-9-7-19(8-10-20)15-11-14(17)6-5-13(15)12-18-4/h5-6,11,18H,7-10,12H2,1-4H3. The summed E-state index contributed by atoms with van der Waals surface area (Å²) >= 11 is 6.18. The normalized spacial score (nSPS) is 17.6. The number of halogens is 1. The first kappa shape index (κ1) is 15.6. The van der Waals surface area contributed by atoms with Crippen LogP contribution in [0.4, 0.5) is 5.69 Å². The zero-order chi connectivity index (χ0) is 14.8. The summed E-state index contributed by atoms with van der Waals surface area (Å²) in [5.41, 5.74) is 2.86.